The monoisotopic (exact) mass is 430 g/mol. The molecule has 160 valence electrons. The lowest BCUT2D eigenvalue weighted by atomic mass is 9.65. The summed E-state index contributed by atoms with van der Waals surface area (Å²) >= 11 is 0.525. The van der Waals surface area contributed by atoms with E-state index in [1.165, 1.54) is 0 Å². The fraction of sp³-hybridized carbons (Fsp3) is 0.458. The van der Waals surface area contributed by atoms with Crippen molar-refractivity contribution in [1.29, 1.82) is 0 Å². The van der Waals surface area contributed by atoms with Gasteiger partial charge in [0.15, 0.2) is 0 Å². The van der Waals surface area contributed by atoms with Gasteiger partial charge in [0.2, 0.25) is 0 Å². The predicted octanol–water partition coefficient (Wildman–Crippen LogP) is 6.79. The molecule has 2 atom stereocenters. The molecule has 30 heavy (non-hydrogen) atoms. The van der Waals surface area contributed by atoms with E-state index in [1.54, 1.807) is 24.3 Å². The topological polar surface area (TPSA) is 32.3 Å². The first-order valence-corrected chi connectivity index (χ1v) is 11.2. The van der Waals surface area contributed by atoms with E-state index in [-0.39, 0.29) is 22.8 Å². The lowest BCUT2D eigenvalue weighted by molar-refractivity contribution is 0.0709. The van der Waals surface area contributed by atoms with E-state index < -0.39 is 5.76 Å². The second kappa shape index (κ2) is 7.88. The number of nitrogens with zero attached hydrogens (tertiary/aromatic N) is 1. The van der Waals surface area contributed by atoms with Crippen LogP contribution in [0.2, 0.25) is 0 Å². The number of rotatable bonds is 5. The molecule has 1 saturated heterocycles. The average molecular weight is 431 g/mol. The van der Waals surface area contributed by atoms with E-state index in [1.807, 2.05) is 24.3 Å². The Balaban J connectivity index is 1.54. The van der Waals surface area contributed by atoms with Crippen molar-refractivity contribution in [1.82, 2.24) is 4.90 Å². The summed E-state index contributed by atoms with van der Waals surface area (Å²) in [6, 6.07) is 14.7. The second-order valence-electron chi connectivity index (χ2n) is 9.72. The number of hydrogen-bond acceptors (Lipinski definition) is 3. The van der Waals surface area contributed by atoms with E-state index >= 15 is 0 Å². The molecule has 1 amide bonds. The van der Waals surface area contributed by atoms with Crippen LogP contribution in [0, 0.1) is 10.8 Å². The minimum absolute atomic E-state index is 0.0643. The average Bonchev–Trinajstić information content (AvgIpc) is 2.91. The number of fused-ring (bicyclic) bond motifs is 2. The summed E-state index contributed by atoms with van der Waals surface area (Å²) in [7, 11) is 0. The molecule has 2 fully saturated rings. The van der Waals surface area contributed by atoms with Gasteiger partial charge in [-0.1, -0.05) is 44.7 Å². The molecule has 0 radical (unpaired) electrons. The summed E-state index contributed by atoms with van der Waals surface area (Å²) < 4.78 is 25.1. The van der Waals surface area contributed by atoms with Crippen molar-refractivity contribution >= 4 is 29.0 Å². The normalized spacial score (nSPS) is 24.9. The third-order valence-corrected chi connectivity index (χ3v) is 6.91. The molecule has 1 aliphatic carbocycles. The van der Waals surface area contributed by atoms with Gasteiger partial charge in [0.05, 0.1) is 11.3 Å². The van der Waals surface area contributed by atoms with Crippen molar-refractivity contribution < 1.29 is 13.6 Å². The van der Waals surface area contributed by atoms with Gasteiger partial charge in [-0.15, -0.1) is 0 Å². The number of para-hydroxylation sites is 1. The Labute approximate surface area is 181 Å². The summed E-state index contributed by atoms with van der Waals surface area (Å²) in [6.45, 7) is 7.71. The van der Waals surface area contributed by atoms with Gasteiger partial charge in [-0.05, 0) is 66.5 Å². The Morgan fingerprint density at radius 3 is 2.50 bits per heavy atom. The molecule has 2 aliphatic rings. The summed E-state index contributed by atoms with van der Waals surface area (Å²) in [5.74, 6) is -2.37. The summed E-state index contributed by atoms with van der Waals surface area (Å²) in [5, 5.41) is 3.30. The zero-order chi connectivity index (χ0) is 21.5. The van der Waals surface area contributed by atoms with Gasteiger partial charge in [-0.3, -0.25) is 4.79 Å². The number of amides is 1. The van der Waals surface area contributed by atoms with Gasteiger partial charge in [-0.2, -0.15) is 8.78 Å². The second-order valence-corrected chi connectivity index (χ2v) is 10.8. The van der Waals surface area contributed by atoms with Crippen molar-refractivity contribution in [2.75, 3.05) is 11.9 Å². The van der Waals surface area contributed by atoms with E-state index in [2.05, 4.69) is 31.0 Å². The Morgan fingerprint density at radius 2 is 1.80 bits per heavy atom. The molecule has 2 unspecified atom stereocenters. The highest BCUT2D eigenvalue weighted by atomic mass is 32.2. The Morgan fingerprint density at radius 1 is 1.10 bits per heavy atom. The van der Waals surface area contributed by atoms with Crippen LogP contribution in [0.15, 0.2) is 53.4 Å². The number of benzene rings is 2. The zero-order valence-electron chi connectivity index (χ0n) is 17.6. The summed E-state index contributed by atoms with van der Waals surface area (Å²) in [6.07, 6.45) is 3.25. The number of anilines is 2. The first-order chi connectivity index (χ1) is 14.1. The van der Waals surface area contributed by atoms with Gasteiger partial charge < -0.3 is 10.2 Å². The number of carbonyl (C=O) groups is 1. The standard InChI is InChI=1S/C24H28F2N2OS/c1-23(2)12-17-13-24(3,14-23)15-28(17)21(29)19-6-4-5-7-20(19)27-16-8-10-18(11-9-16)30-22(25)26/h4-11,17,22,27H,12-15H2,1-3H3. The fourth-order valence-electron chi connectivity index (χ4n) is 5.51. The number of halogens is 2. The van der Waals surface area contributed by atoms with E-state index in [0.29, 0.717) is 22.2 Å². The first-order valence-electron chi connectivity index (χ1n) is 10.4. The lowest BCUT2D eigenvalue weighted by Crippen LogP contribution is -2.37. The number of carbonyl (C=O) groups excluding carboxylic acids is 1. The van der Waals surface area contributed by atoms with Crippen LogP contribution in [-0.4, -0.2) is 29.2 Å². The lowest BCUT2D eigenvalue weighted by Gasteiger charge is -2.39. The minimum atomic E-state index is -2.44. The van der Waals surface area contributed by atoms with E-state index in [0.717, 1.165) is 37.2 Å². The zero-order valence-corrected chi connectivity index (χ0v) is 18.4. The van der Waals surface area contributed by atoms with Crippen LogP contribution in [0.5, 0.6) is 0 Å². The highest BCUT2D eigenvalue weighted by Crippen LogP contribution is 2.52. The molecule has 0 aromatic heterocycles. The van der Waals surface area contributed by atoms with Gasteiger partial charge in [0.1, 0.15) is 0 Å². The van der Waals surface area contributed by atoms with Crippen LogP contribution < -0.4 is 5.32 Å². The molecule has 3 nitrogen and oxygen atoms in total. The van der Waals surface area contributed by atoms with E-state index in [9.17, 15) is 13.6 Å². The Kier molecular flexibility index (Phi) is 5.56. The fourth-order valence-corrected chi connectivity index (χ4v) is 6.00. The smallest absolute Gasteiger partial charge is 0.288 e. The van der Waals surface area contributed by atoms with Gasteiger partial charge in [0.25, 0.3) is 11.7 Å². The van der Waals surface area contributed by atoms with Crippen LogP contribution >= 0.6 is 11.8 Å². The minimum Gasteiger partial charge on any atom is -0.355 e. The third kappa shape index (κ3) is 4.48. The number of alkyl halides is 2. The molecule has 1 heterocycles. The molecule has 1 aliphatic heterocycles. The van der Waals surface area contributed by atoms with Crippen molar-refractivity contribution in [3.63, 3.8) is 0 Å². The molecule has 6 heteroatoms. The van der Waals surface area contributed by atoms with Crippen LogP contribution in [0.4, 0.5) is 20.2 Å². The SMILES string of the molecule is CC1(C)CC2CC(C)(CN2C(=O)c2ccccc2Nc2ccc(SC(F)F)cc2)C1. The molecule has 4 rings (SSSR count). The third-order valence-electron chi connectivity index (χ3n) is 6.19. The number of thioether (sulfide) groups is 1. The highest BCUT2D eigenvalue weighted by Gasteiger charge is 2.51. The number of nitrogens with one attached hydrogen (secondary N) is 1. The van der Waals surface area contributed by atoms with Crippen molar-refractivity contribution in [3.05, 3.63) is 54.1 Å². The Bertz CT molecular complexity index is 931. The van der Waals surface area contributed by atoms with E-state index in [4.69, 9.17) is 0 Å². The van der Waals surface area contributed by atoms with Crippen LogP contribution in [-0.2, 0) is 0 Å². The molecule has 0 spiro atoms. The summed E-state index contributed by atoms with van der Waals surface area (Å²) in [4.78, 5) is 16.1. The molecule has 2 bridgehead atoms. The molecular formula is C24H28F2N2OS. The highest BCUT2D eigenvalue weighted by molar-refractivity contribution is 7.99. The van der Waals surface area contributed by atoms with Crippen molar-refractivity contribution in [2.45, 2.75) is 56.7 Å². The quantitative estimate of drug-likeness (QED) is 0.530. The maximum atomic E-state index is 13.5. The maximum absolute atomic E-state index is 13.5. The first kappa shape index (κ1) is 21.2. The Hall–Kier alpha value is -2.08. The van der Waals surface area contributed by atoms with Gasteiger partial charge in [-0.25, -0.2) is 0 Å². The molecule has 2 aromatic carbocycles. The van der Waals surface area contributed by atoms with Crippen LogP contribution in [0.1, 0.15) is 50.4 Å². The van der Waals surface area contributed by atoms with Crippen LogP contribution in [0.3, 0.4) is 0 Å². The number of hydrogen-bond donors (Lipinski definition) is 1. The predicted molar refractivity (Wildman–Crippen MR) is 119 cm³/mol. The van der Waals surface area contributed by atoms with Crippen molar-refractivity contribution in [3.8, 4) is 0 Å². The largest absolute Gasteiger partial charge is 0.355 e. The molecular weight excluding hydrogens is 402 g/mol. The summed E-state index contributed by atoms with van der Waals surface area (Å²) in [5.41, 5.74) is 2.59. The van der Waals surface area contributed by atoms with Gasteiger partial charge >= 0.3 is 0 Å². The number of likely N-dealkylation sites (tertiary alicyclic amines) is 1. The van der Waals surface area contributed by atoms with Gasteiger partial charge in [0, 0.05) is 23.2 Å². The molecule has 2 aromatic rings. The molecule has 1 N–H and O–H groups in total. The maximum Gasteiger partial charge on any atom is 0.288 e. The van der Waals surface area contributed by atoms with Crippen molar-refractivity contribution in [2.24, 2.45) is 10.8 Å². The molecule has 1 saturated carbocycles. The van der Waals surface area contributed by atoms with Crippen LogP contribution in [0.25, 0.3) is 0 Å².